The number of anilines is 2. The van der Waals surface area contributed by atoms with Crippen molar-refractivity contribution in [3.05, 3.63) is 77.9 Å². The van der Waals surface area contributed by atoms with Crippen molar-refractivity contribution >= 4 is 41.0 Å². The van der Waals surface area contributed by atoms with E-state index < -0.39 is 23.9 Å². The van der Waals surface area contributed by atoms with Gasteiger partial charge in [-0.2, -0.15) is 0 Å². The van der Waals surface area contributed by atoms with Crippen molar-refractivity contribution in [1.29, 1.82) is 0 Å². The van der Waals surface area contributed by atoms with E-state index in [1.165, 1.54) is 17.0 Å². The molecule has 38 heavy (non-hydrogen) atoms. The number of ether oxygens (including phenoxy) is 1. The van der Waals surface area contributed by atoms with Gasteiger partial charge in [0.15, 0.2) is 0 Å². The Balaban J connectivity index is 1.44. The molecular weight excluding hydrogens is 494 g/mol. The lowest BCUT2D eigenvalue weighted by atomic mass is 10.1. The number of halogens is 2. The third kappa shape index (κ3) is 4.03. The Bertz CT molecular complexity index is 1580. The fourth-order valence-electron chi connectivity index (χ4n) is 5.29. The van der Waals surface area contributed by atoms with Crippen molar-refractivity contribution in [3.8, 4) is 17.0 Å². The van der Waals surface area contributed by atoms with Gasteiger partial charge < -0.3 is 24.8 Å². The lowest BCUT2D eigenvalue weighted by Crippen LogP contribution is -2.38. The van der Waals surface area contributed by atoms with Crippen molar-refractivity contribution in [1.82, 2.24) is 9.47 Å². The number of hydrogen-bond donors (Lipinski definition) is 2. The molecule has 0 spiro atoms. The molecule has 6 rings (SSSR count). The molecule has 3 heterocycles. The van der Waals surface area contributed by atoms with Crippen molar-refractivity contribution in [3.63, 3.8) is 0 Å². The topological polar surface area (TPSA) is 92.7 Å². The van der Waals surface area contributed by atoms with Gasteiger partial charge in [-0.25, -0.2) is 8.78 Å². The molecule has 8 nitrogen and oxygen atoms in total. The summed E-state index contributed by atoms with van der Waals surface area (Å²) in [5.41, 5.74) is 3.53. The third-order valence-electron chi connectivity index (χ3n) is 6.96. The Morgan fingerprint density at radius 3 is 2.53 bits per heavy atom. The second-order valence-electron chi connectivity index (χ2n) is 9.31. The maximum Gasteiger partial charge on any atom is 0.247 e. The highest BCUT2D eigenvalue weighted by molar-refractivity contribution is 5.99. The molecule has 2 N–H and O–H groups in total. The molecule has 3 amide bonds. The van der Waals surface area contributed by atoms with Crippen LogP contribution < -0.4 is 15.4 Å². The monoisotopic (exact) mass is 516 g/mol. The standard InChI is InChI=1S/C28H22F2N4O4/c29-18-8-17(9-19(30)12-18)28-34-23-6-4-21(32-27(37)24-2-1-7-33(24)15-36)10-16(23)11-25(34)22-5-3-20(31-14-35)13-26(22)38-28/h3-6,8-15,24,28H,1-2,7H2,(H,31,35)(H,32,37). The minimum Gasteiger partial charge on any atom is -0.465 e. The van der Waals surface area contributed by atoms with E-state index in [1.54, 1.807) is 30.3 Å². The Kier molecular flexibility index (Phi) is 5.79. The number of rotatable bonds is 6. The van der Waals surface area contributed by atoms with Crippen LogP contribution in [-0.2, 0) is 14.4 Å². The molecule has 0 saturated carbocycles. The van der Waals surface area contributed by atoms with Crippen molar-refractivity contribution in [2.75, 3.05) is 17.2 Å². The summed E-state index contributed by atoms with van der Waals surface area (Å²) in [4.78, 5) is 36.6. The first kappa shape index (κ1) is 23.7. The lowest BCUT2D eigenvalue weighted by Gasteiger charge is -2.30. The van der Waals surface area contributed by atoms with Crippen LogP contribution in [0.3, 0.4) is 0 Å². The summed E-state index contributed by atoms with van der Waals surface area (Å²) in [5.74, 6) is -1.28. The fraction of sp³-hybridized carbons (Fsp3) is 0.179. The number of amides is 3. The van der Waals surface area contributed by atoms with Gasteiger partial charge in [0.25, 0.3) is 0 Å². The number of carbonyl (C=O) groups is 3. The van der Waals surface area contributed by atoms with Crippen LogP contribution in [0.15, 0.2) is 60.7 Å². The van der Waals surface area contributed by atoms with Crippen LogP contribution in [0.1, 0.15) is 24.6 Å². The Morgan fingerprint density at radius 2 is 1.76 bits per heavy atom. The normalized spacial score (nSPS) is 17.9. The second-order valence-corrected chi connectivity index (χ2v) is 9.31. The molecule has 2 aliphatic heterocycles. The largest absolute Gasteiger partial charge is 0.465 e. The molecule has 1 saturated heterocycles. The van der Waals surface area contributed by atoms with E-state index >= 15 is 0 Å². The highest BCUT2D eigenvalue weighted by atomic mass is 19.1. The number of nitrogens with zero attached hydrogens (tertiary/aromatic N) is 2. The maximum atomic E-state index is 14.2. The smallest absolute Gasteiger partial charge is 0.247 e. The molecule has 2 aliphatic rings. The average Bonchev–Trinajstić information content (AvgIpc) is 3.52. The first-order valence-electron chi connectivity index (χ1n) is 12.1. The molecule has 0 radical (unpaired) electrons. The van der Waals surface area contributed by atoms with E-state index in [2.05, 4.69) is 10.6 Å². The number of hydrogen-bond acceptors (Lipinski definition) is 4. The Labute approximate surface area is 215 Å². The van der Waals surface area contributed by atoms with Crippen molar-refractivity contribution < 1.29 is 27.9 Å². The van der Waals surface area contributed by atoms with Crippen molar-refractivity contribution in [2.24, 2.45) is 0 Å². The van der Waals surface area contributed by atoms with E-state index in [0.29, 0.717) is 42.9 Å². The minimum absolute atomic E-state index is 0.255. The summed E-state index contributed by atoms with van der Waals surface area (Å²) in [6.07, 6.45) is 1.73. The first-order chi connectivity index (χ1) is 18.4. The maximum absolute atomic E-state index is 14.2. The van der Waals surface area contributed by atoms with E-state index in [-0.39, 0.29) is 11.5 Å². The molecular formula is C28H22F2N4O4. The molecule has 4 aromatic rings. The van der Waals surface area contributed by atoms with Gasteiger partial charge in [0.1, 0.15) is 23.4 Å². The molecule has 1 aromatic heterocycles. The highest BCUT2D eigenvalue weighted by Gasteiger charge is 2.31. The summed E-state index contributed by atoms with van der Waals surface area (Å²) in [6, 6.07) is 15.2. The van der Waals surface area contributed by atoms with Gasteiger partial charge in [-0.1, -0.05) is 0 Å². The Morgan fingerprint density at radius 1 is 0.974 bits per heavy atom. The van der Waals surface area contributed by atoms with Crippen molar-refractivity contribution in [2.45, 2.75) is 25.1 Å². The number of likely N-dealkylation sites (tertiary alicyclic amines) is 1. The van der Waals surface area contributed by atoms with Gasteiger partial charge in [-0.15, -0.1) is 0 Å². The molecule has 1 fully saturated rings. The lowest BCUT2D eigenvalue weighted by molar-refractivity contribution is -0.127. The summed E-state index contributed by atoms with van der Waals surface area (Å²) in [5, 5.41) is 6.25. The van der Waals surface area contributed by atoms with Gasteiger partial charge in [0.05, 0.1) is 11.2 Å². The second kappa shape index (κ2) is 9.29. The number of nitrogens with one attached hydrogen (secondary N) is 2. The van der Waals surface area contributed by atoms with Gasteiger partial charge in [0, 0.05) is 46.6 Å². The quantitative estimate of drug-likeness (QED) is 0.365. The predicted octanol–water partition coefficient (Wildman–Crippen LogP) is 4.65. The molecule has 0 bridgehead atoms. The molecule has 2 atom stereocenters. The number of fused-ring (bicyclic) bond motifs is 5. The van der Waals surface area contributed by atoms with Gasteiger partial charge >= 0.3 is 0 Å². The Hall–Kier alpha value is -4.73. The highest BCUT2D eigenvalue weighted by Crippen LogP contribution is 2.45. The molecule has 3 aromatic carbocycles. The van der Waals surface area contributed by atoms with Crippen LogP contribution in [0.25, 0.3) is 22.2 Å². The van der Waals surface area contributed by atoms with Crippen LogP contribution >= 0.6 is 0 Å². The summed E-state index contributed by atoms with van der Waals surface area (Å²) < 4.78 is 36.5. The zero-order valence-corrected chi connectivity index (χ0v) is 20.0. The SMILES string of the molecule is O=CNc1ccc2c(c1)OC(c1cc(F)cc(F)c1)n1c-2cc2cc(NC(=O)C3CCCN3C=O)ccc21. The van der Waals surface area contributed by atoms with Crippen LogP contribution in [-0.4, -0.2) is 40.8 Å². The third-order valence-corrected chi connectivity index (χ3v) is 6.96. The summed E-state index contributed by atoms with van der Waals surface area (Å²) in [7, 11) is 0. The van der Waals surface area contributed by atoms with Gasteiger partial charge in [0.2, 0.25) is 25.0 Å². The van der Waals surface area contributed by atoms with Crippen LogP contribution in [0.4, 0.5) is 20.2 Å². The number of benzene rings is 3. The fourth-order valence-corrected chi connectivity index (χ4v) is 5.29. The van der Waals surface area contributed by atoms with Gasteiger partial charge in [-0.05, 0) is 61.4 Å². The van der Waals surface area contributed by atoms with Crippen LogP contribution in [0, 0.1) is 11.6 Å². The zero-order valence-electron chi connectivity index (χ0n) is 20.0. The summed E-state index contributed by atoms with van der Waals surface area (Å²) >= 11 is 0. The molecule has 10 heteroatoms. The minimum atomic E-state index is -0.897. The van der Waals surface area contributed by atoms with Crippen LogP contribution in [0.5, 0.6) is 5.75 Å². The molecule has 192 valence electrons. The molecule has 0 aliphatic carbocycles. The molecule has 2 unspecified atom stereocenters. The van der Waals surface area contributed by atoms with E-state index in [4.69, 9.17) is 4.74 Å². The summed E-state index contributed by atoms with van der Waals surface area (Å²) in [6.45, 7) is 0.554. The zero-order chi connectivity index (χ0) is 26.4. The average molecular weight is 517 g/mol. The number of carbonyl (C=O) groups excluding carboxylic acids is 3. The first-order valence-corrected chi connectivity index (χ1v) is 12.1. The van der Waals surface area contributed by atoms with E-state index in [9.17, 15) is 23.2 Å². The van der Waals surface area contributed by atoms with E-state index in [1.807, 2.05) is 16.7 Å². The predicted molar refractivity (Wildman–Crippen MR) is 137 cm³/mol. The van der Waals surface area contributed by atoms with Crippen LogP contribution in [0.2, 0.25) is 0 Å². The number of aromatic nitrogens is 1. The van der Waals surface area contributed by atoms with E-state index in [0.717, 1.165) is 34.6 Å². The van der Waals surface area contributed by atoms with Gasteiger partial charge in [-0.3, -0.25) is 14.4 Å².